The van der Waals surface area contributed by atoms with Crippen molar-refractivity contribution in [1.29, 1.82) is 0 Å². The molecule has 1 N–H and O–H groups in total. The average molecular weight is 803 g/mol. The molecule has 278 valence electrons. The maximum atomic E-state index is 11.7. The van der Waals surface area contributed by atoms with E-state index in [2.05, 4.69) is 85.9 Å². The second kappa shape index (κ2) is 20.4. The summed E-state index contributed by atoms with van der Waals surface area (Å²) in [4.78, 5) is 29.9. The van der Waals surface area contributed by atoms with E-state index in [4.69, 9.17) is 0 Å². The van der Waals surface area contributed by atoms with Gasteiger partial charge < -0.3 is 0 Å². The van der Waals surface area contributed by atoms with Crippen LogP contribution in [0.1, 0.15) is 20.8 Å². The SMILES string of the molecule is CC(C)(C)/C=C(Sc1ccccc1)/C(=C/C=C(Sc1ccccc1)/C(=C/C=N/Nc1ccc([N+](=O)[O-])cc1[N+](=O)[O-])Sc1ccccc1)Sc1ccccc1. The molecule has 0 atom stereocenters. The smallest absolute Gasteiger partial charge is 0.272 e. The Bertz CT molecular complexity index is 2220. The number of nitro groups is 2. The van der Waals surface area contributed by atoms with Gasteiger partial charge in [0.05, 0.1) is 15.9 Å². The number of thioether (sulfide) groups is 4. The minimum Gasteiger partial charge on any atom is -0.272 e. The van der Waals surface area contributed by atoms with E-state index < -0.39 is 15.5 Å². The molecule has 12 heteroatoms. The van der Waals surface area contributed by atoms with E-state index in [9.17, 15) is 20.2 Å². The highest BCUT2D eigenvalue weighted by molar-refractivity contribution is 8.09. The zero-order chi connectivity index (χ0) is 39.0. The van der Waals surface area contributed by atoms with Crippen molar-refractivity contribution in [3.8, 4) is 0 Å². The van der Waals surface area contributed by atoms with Crippen LogP contribution in [0.25, 0.3) is 0 Å². The first-order chi connectivity index (χ1) is 26.5. The Morgan fingerprint density at radius 3 is 1.36 bits per heavy atom. The fourth-order valence-corrected chi connectivity index (χ4v) is 8.92. The largest absolute Gasteiger partial charge is 0.301 e. The van der Waals surface area contributed by atoms with Crippen LogP contribution < -0.4 is 5.43 Å². The third-order valence-corrected chi connectivity index (χ3v) is 11.8. The molecule has 5 aromatic rings. The van der Waals surface area contributed by atoms with E-state index in [1.165, 1.54) is 18.3 Å². The van der Waals surface area contributed by atoms with Gasteiger partial charge in [-0.1, -0.05) is 147 Å². The number of allylic oxidation sites excluding steroid dienone is 4. The van der Waals surface area contributed by atoms with Crippen LogP contribution in [0, 0.1) is 25.6 Å². The summed E-state index contributed by atoms with van der Waals surface area (Å²) in [5.74, 6) is 0. The maximum Gasteiger partial charge on any atom is 0.301 e. The van der Waals surface area contributed by atoms with E-state index in [0.29, 0.717) is 0 Å². The lowest BCUT2D eigenvalue weighted by molar-refractivity contribution is -0.393. The van der Waals surface area contributed by atoms with Gasteiger partial charge >= 0.3 is 5.69 Å². The van der Waals surface area contributed by atoms with Gasteiger partial charge in [0.25, 0.3) is 5.69 Å². The minimum atomic E-state index is -0.676. The lowest BCUT2D eigenvalue weighted by atomic mass is 9.96. The molecular formula is C43H38N4O4S4. The quantitative estimate of drug-likeness (QED) is 0.0343. The number of hydrazone groups is 1. The molecule has 0 aliphatic rings. The van der Waals surface area contributed by atoms with Gasteiger partial charge in [0, 0.05) is 51.5 Å². The van der Waals surface area contributed by atoms with Gasteiger partial charge in [-0.25, -0.2) is 0 Å². The van der Waals surface area contributed by atoms with Crippen LogP contribution in [0.2, 0.25) is 0 Å². The molecule has 5 aromatic carbocycles. The molecule has 55 heavy (non-hydrogen) atoms. The molecule has 0 bridgehead atoms. The molecule has 0 heterocycles. The summed E-state index contributed by atoms with van der Waals surface area (Å²) >= 11 is 6.62. The molecule has 0 unspecified atom stereocenters. The van der Waals surface area contributed by atoms with Gasteiger partial charge in [-0.05, 0) is 78.2 Å². The summed E-state index contributed by atoms with van der Waals surface area (Å²) < 4.78 is 0. The number of hydrogen-bond acceptors (Lipinski definition) is 10. The number of nitrogens with zero attached hydrogens (tertiary/aromatic N) is 3. The Hall–Kier alpha value is -5.27. The van der Waals surface area contributed by atoms with E-state index in [-0.39, 0.29) is 16.8 Å². The lowest BCUT2D eigenvalue weighted by Gasteiger charge is -2.19. The van der Waals surface area contributed by atoms with Gasteiger partial charge in [0.1, 0.15) is 5.69 Å². The summed E-state index contributed by atoms with van der Waals surface area (Å²) in [6.45, 7) is 6.60. The summed E-state index contributed by atoms with van der Waals surface area (Å²) in [6.07, 6.45) is 10.0. The van der Waals surface area contributed by atoms with Crippen LogP contribution in [0.4, 0.5) is 17.1 Å². The van der Waals surface area contributed by atoms with Gasteiger partial charge in [-0.15, -0.1) is 0 Å². The molecule has 0 fully saturated rings. The fourth-order valence-electron chi connectivity index (χ4n) is 4.75. The van der Waals surface area contributed by atoms with E-state index in [0.717, 1.165) is 45.3 Å². The highest BCUT2D eigenvalue weighted by atomic mass is 32.2. The Kier molecular flexibility index (Phi) is 15.2. The number of anilines is 1. The molecule has 0 aliphatic heterocycles. The molecule has 0 saturated heterocycles. The molecule has 0 aromatic heterocycles. The van der Waals surface area contributed by atoms with Crippen LogP contribution in [0.15, 0.2) is 208 Å². The Labute approximate surface area is 338 Å². The molecule has 0 amide bonds. The van der Waals surface area contributed by atoms with Crippen molar-refractivity contribution in [2.45, 2.75) is 40.4 Å². The zero-order valence-corrected chi connectivity index (χ0v) is 33.5. The third kappa shape index (κ3) is 13.5. The molecule has 0 spiro atoms. The Balaban J connectivity index is 1.63. The molecular weight excluding hydrogens is 765 g/mol. The first-order valence-electron chi connectivity index (χ1n) is 17.0. The second-order valence-corrected chi connectivity index (χ2v) is 17.2. The minimum absolute atomic E-state index is 0.0338. The van der Waals surface area contributed by atoms with Crippen LogP contribution in [-0.2, 0) is 0 Å². The van der Waals surface area contributed by atoms with Crippen molar-refractivity contribution in [2.24, 2.45) is 10.5 Å². The standard InChI is InChI=1S/C43H38N4O4S4/c1-43(2,3)31-42(55-36-22-14-7-15-23-36)40(53-34-18-10-5-11-19-34)27-26-39(52-33-16-8-4-9-17-33)41(54-35-20-12-6-13-21-35)28-29-44-45-37-25-24-32(46(48)49)30-38(37)47(50)51/h4-31,45H,1-3H3/b39-26-,40-27-,41-28-,42-31-,44-29+. The first-order valence-corrected chi connectivity index (χ1v) is 20.3. The van der Waals surface area contributed by atoms with E-state index >= 15 is 0 Å². The predicted octanol–water partition coefficient (Wildman–Crippen LogP) is 13.7. The van der Waals surface area contributed by atoms with Crippen molar-refractivity contribution in [2.75, 3.05) is 5.43 Å². The lowest BCUT2D eigenvalue weighted by Crippen LogP contribution is -2.01. The van der Waals surface area contributed by atoms with Crippen molar-refractivity contribution in [3.63, 3.8) is 0 Å². The Morgan fingerprint density at radius 2 is 0.964 bits per heavy atom. The zero-order valence-electron chi connectivity index (χ0n) is 30.3. The van der Waals surface area contributed by atoms with Crippen molar-refractivity contribution >= 4 is 70.3 Å². The molecule has 0 aliphatic carbocycles. The van der Waals surface area contributed by atoms with Crippen LogP contribution in [0.5, 0.6) is 0 Å². The highest BCUT2D eigenvalue weighted by Gasteiger charge is 2.20. The number of benzene rings is 5. The average Bonchev–Trinajstić information content (AvgIpc) is 3.18. The summed E-state index contributed by atoms with van der Waals surface area (Å²) in [6, 6.07) is 44.2. The molecule has 0 radical (unpaired) electrons. The van der Waals surface area contributed by atoms with Crippen molar-refractivity contribution in [1.82, 2.24) is 0 Å². The number of nitrogens with one attached hydrogen (secondary N) is 1. The molecule has 8 nitrogen and oxygen atoms in total. The highest BCUT2D eigenvalue weighted by Crippen LogP contribution is 2.44. The maximum absolute atomic E-state index is 11.7. The van der Waals surface area contributed by atoms with E-state index in [1.54, 1.807) is 47.0 Å². The van der Waals surface area contributed by atoms with Gasteiger partial charge in [0.2, 0.25) is 0 Å². The number of rotatable bonds is 16. The topological polar surface area (TPSA) is 111 Å². The van der Waals surface area contributed by atoms with Crippen molar-refractivity contribution < 1.29 is 9.85 Å². The van der Waals surface area contributed by atoms with Crippen molar-refractivity contribution in [3.05, 3.63) is 204 Å². The van der Waals surface area contributed by atoms with Gasteiger partial charge in [-0.3, -0.25) is 25.7 Å². The van der Waals surface area contributed by atoms with Crippen LogP contribution >= 0.6 is 47.0 Å². The summed E-state index contributed by atoms with van der Waals surface area (Å²) in [7, 11) is 0. The number of hydrogen-bond donors (Lipinski definition) is 1. The predicted molar refractivity (Wildman–Crippen MR) is 233 cm³/mol. The van der Waals surface area contributed by atoms with Gasteiger partial charge in [-0.2, -0.15) is 5.10 Å². The Morgan fingerprint density at radius 1 is 0.564 bits per heavy atom. The van der Waals surface area contributed by atoms with Gasteiger partial charge in [0.15, 0.2) is 0 Å². The normalized spacial score (nSPS) is 12.9. The number of nitro benzene ring substituents is 2. The first kappa shape index (κ1) is 40.9. The van der Waals surface area contributed by atoms with Crippen LogP contribution in [0.3, 0.4) is 0 Å². The monoisotopic (exact) mass is 802 g/mol. The third-order valence-electron chi connectivity index (χ3n) is 7.19. The fraction of sp³-hybridized carbons (Fsp3) is 0.0930. The summed E-state index contributed by atoms with van der Waals surface area (Å²) in [5, 5.41) is 27.3. The molecule has 5 rings (SSSR count). The number of non-ortho nitro benzene ring substituents is 1. The van der Waals surface area contributed by atoms with Crippen LogP contribution in [-0.4, -0.2) is 16.1 Å². The molecule has 0 saturated carbocycles. The van der Waals surface area contributed by atoms with E-state index in [1.807, 2.05) is 91.0 Å². The second-order valence-electron chi connectivity index (χ2n) is 12.7. The summed E-state index contributed by atoms with van der Waals surface area (Å²) in [5.41, 5.74) is 1.81.